The van der Waals surface area contributed by atoms with Crippen LogP contribution in [0.5, 0.6) is 0 Å². The van der Waals surface area contributed by atoms with Crippen molar-refractivity contribution in [3.05, 3.63) is 36.0 Å². The van der Waals surface area contributed by atoms with Crippen molar-refractivity contribution in [2.75, 3.05) is 0 Å². The predicted octanol–water partition coefficient (Wildman–Crippen LogP) is -0.236. The molecule has 0 bridgehead atoms. The lowest BCUT2D eigenvalue weighted by molar-refractivity contribution is -0.144. The van der Waals surface area contributed by atoms with Gasteiger partial charge in [-0.2, -0.15) is 0 Å². The predicted molar refractivity (Wildman–Crippen MR) is 137 cm³/mol. The van der Waals surface area contributed by atoms with Gasteiger partial charge in [0.25, 0.3) is 0 Å². The number of carbonyl (C=O) groups excluding carboxylic acids is 4. The number of carbonyl (C=O) groups is 5. The van der Waals surface area contributed by atoms with E-state index in [4.69, 9.17) is 11.5 Å². The van der Waals surface area contributed by atoms with Gasteiger partial charge >= 0.3 is 5.97 Å². The molecule has 12 heteroatoms. The van der Waals surface area contributed by atoms with E-state index in [0.717, 1.165) is 16.5 Å². The number of nitrogens with one attached hydrogen (secondary N) is 4. The second-order valence-electron chi connectivity index (χ2n) is 9.69. The Morgan fingerprint density at radius 3 is 2.08 bits per heavy atom. The summed E-state index contributed by atoms with van der Waals surface area (Å²) in [7, 11) is 0. The highest BCUT2D eigenvalue weighted by atomic mass is 16.4. The Hall–Kier alpha value is -3.93. The zero-order valence-electron chi connectivity index (χ0n) is 21.4. The first-order valence-corrected chi connectivity index (χ1v) is 12.0. The average Bonchev–Trinajstić information content (AvgIpc) is 3.22. The Kier molecular flexibility index (Phi) is 10.2. The fourth-order valence-electron chi connectivity index (χ4n) is 3.75. The van der Waals surface area contributed by atoms with Crippen molar-refractivity contribution >= 4 is 40.5 Å². The molecule has 0 saturated carbocycles. The maximum atomic E-state index is 13.4. The van der Waals surface area contributed by atoms with E-state index in [0.29, 0.717) is 0 Å². The molecule has 4 atom stereocenters. The summed E-state index contributed by atoms with van der Waals surface area (Å²) in [6.45, 7) is 6.89. The summed E-state index contributed by atoms with van der Waals surface area (Å²) in [5.74, 6) is -4.93. The van der Waals surface area contributed by atoms with Crippen LogP contribution in [0, 0.1) is 11.8 Å². The van der Waals surface area contributed by atoms with Crippen molar-refractivity contribution < 1.29 is 29.1 Å². The molecule has 1 heterocycles. The van der Waals surface area contributed by atoms with Crippen LogP contribution in [0.2, 0.25) is 0 Å². The van der Waals surface area contributed by atoms with E-state index in [-0.39, 0.29) is 12.3 Å². The standard InChI is InChI=1S/C25H36N6O6/c1-12(2)20(27)23(34)29-17(9-14-11-28-16-8-6-5-7-15(14)16)22(33)31-21(13(3)4)24(35)30-18(25(36)37)10-19(26)32/h5-8,11-13,17-18,20-21,28H,9-10,27H2,1-4H3,(H2,26,32)(H,29,34)(H,30,35)(H,31,33)(H,36,37). The Labute approximate surface area is 214 Å². The third kappa shape index (κ3) is 8.04. The van der Waals surface area contributed by atoms with Crippen molar-refractivity contribution in [1.82, 2.24) is 20.9 Å². The number of hydrogen-bond donors (Lipinski definition) is 7. The van der Waals surface area contributed by atoms with Crippen LogP contribution in [0.4, 0.5) is 0 Å². The van der Waals surface area contributed by atoms with Crippen molar-refractivity contribution in [2.24, 2.45) is 23.3 Å². The summed E-state index contributed by atoms with van der Waals surface area (Å²) in [6, 6.07) is 2.85. The molecule has 1 aromatic heterocycles. The van der Waals surface area contributed by atoms with Crippen LogP contribution in [0.1, 0.15) is 39.7 Å². The molecule has 0 radical (unpaired) electrons. The summed E-state index contributed by atoms with van der Waals surface area (Å²) in [5.41, 5.74) is 12.7. The van der Waals surface area contributed by atoms with Crippen LogP contribution in [-0.4, -0.2) is 63.9 Å². The number of hydrogen-bond acceptors (Lipinski definition) is 6. The molecule has 0 spiro atoms. The number of primary amides is 1. The molecule has 4 unspecified atom stereocenters. The van der Waals surface area contributed by atoms with Gasteiger partial charge in [-0.3, -0.25) is 19.2 Å². The van der Waals surface area contributed by atoms with Crippen LogP contribution in [0.15, 0.2) is 30.5 Å². The van der Waals surface area contributed by atoms with Crippen LogP contribution >= 0.6 is 0 Å². The zero-order chi connectivity index (χ0) is 27.9. The van der Waals surface area contributed by atoms with Gasteiger partial charge in [0.2, 0.25) is 23.6 Å². The first-order valence-electron chi connectivity index (χ1n) is 12.0. The van der Waals surface area contributed by atoms with E-state index in [9.17, 15) is 29.1 Å². The molecule has 0 aliphatic rings. The van der Waals surface area contributed by atoms with Crippen molar-refractivity contribution in [3.63, 3.8) is 0 Å². The number of benzene rings is 1. The Balaban J connectivity index is 2.29. The molecule has 12 nitrogen and oxygen atoms in total. The summed E-state index contributed by atoms with van der Waals surface area (Å²) in [5, 5.41) is 17.8. The molecule has 37 heavy (non-hydrogen) atoms. The lowest BCUT2D eigenvalue weighted by Gasteiger charge is -2.27. The van der Waals surface area contributed by atoms with Crippen molar-refractivity contribution in [2.45, 2.75) is 64.7 Å². The Morgan fingerprint density at radius 1 is 0.892 bits per heavy atom. The second kappa shape index (κ2) is 12.9. The molecule has 2 rings (SSSR count). The van der Waals surface area contributed by atoms with E-state index in [1.165, 1.54) is 0 Å². The van der Waals surface area contributed by atoms with Gasteiger partial charge in [0.1, 0.15) is 18.1 Å². The number of rotatable bonds is 13. The molecule has 0 saturated heterocycles. The summed E-state index contributed by atoms with van der Waals surface area (Å²) in [6.07, 6.45) is 1.25. The number of para-hydroxylation sites is 1. The fourth-order valence-corrected chi connectivity index (χ4v) is 3.75. The molecule has 0 fully saturated rings. The Morgan fingerprint density at radius 2 is 1.51 bits per heavy atom. The minimum absolute atomic E-state index is 0.109. The normalized spacial score (nSPS) is 14.6. The minimum atomic E-state index is -1.55. The number of carboxylic acid groups (broad SMARTS) is 1. The molecular formula is C25H36N6O6. The fraction of sp³-hybridized carbons (Fsp3) is 0.480. The molecule has 9 N–H and O–H groups in total. The SMILES string of the molecule is CC(C)C(N)C(=O)NC(Cc1c[nH]c2ccccc12)C(=O)NC(C(=O)NC(CC(N)=O)C(=O)O)C(C)C. The average molecular weight is 517 g/mol. The highest BCUT2D eigenvalue weighted by molar-refractivity contribution is 5.95. The number of H-pyrrole nitrogens is 1. The Bertz CT molecular complexity index is 1140. The van der Waals surface area contributed by atoms with E-state index in [1.807, 2.05) is 24.3 Å². The lowest BCUT2D eigenvalue weighted by Crippen LogP contribution is -2.59. The van der Waals surface area contributed by atoms with Gasteiger partial charge in [-0.15, -0.1) is 0 Å². The molecule has 2 aromatic rings. The number of fused-ring (bicyclic) bond motifs is 1. The van der Waals surface area contributed by atoms with Crippen LogP contribution < -0.4 is 27.4 Å². The van der Waals surface area contributed by atoms with E-state index < -0.39 is 66.1 Å². The maximum absolute atomic E-state index is 13.4. The van der Waals surface area contributed by atoms with E-state index in [2.05, 4.69) is 20.9 Å². The largest absolute Gasteiger partial charge is 0.480 e. The maximum Gasteiger partial charge on any atom is 0.326 e. The molecule has 202 valence electrons. The van der Waals surface area contributed by atoms with E-state index in [1.54, 1.807) is 33.9 Å². The van der Waals surface area contributed by atoms with E-state index >= 15 is 0 Å². The topological polar surface area (TPSA) is 209 Å². The van der Waals surface area contributed by atoms with Gasteiger partial charge < -0.3 is 37.5 Å². The molecular weight excluding hydrogens is 480 g/mol. The van der Waals surface area contributed by atoms with Gasteiger partial charge in [0.15, 0.2) is 0 Å². The van der Waals surface area contributed by atoms with Crippen molar-refractivity contribution in [1.29, 1.82) is 0 Å². The summed E-state index contributed by atoms with van der Waals surface area (Å²) < 4.78 is 0. The first kappa shape index (κ1) is 29.3. The number of aromatic amines is 1. The number of carboxylic acids is 1. The minimum Gasteiger partial charge on any atom is -0.480 e. The lowest BCUT2D eigenvalue weighted by atomic mass is 9.99. The molecule has 4 amide bonds. The number of nitrogens with two attached hydrogens (primary N) is 2. The van der Waals surface area contributed by atoms with Crippen LogP contribution in [-0.2, 0) is 30.4 Å². The number of amides is 4. The quantitative estimate of drug-likeness (QED) is 0.190. The van der Waals surface area contributed by atoms with Gasteiger partial charge in [-0.05, 0) is 23.5 Å². The highest BCUT2D eigenvalue weighted by Crippen LogP contribution is 2.19. The third-order valence-corrected chi connectivity index (χ3v) is 6.02. The van der Waals surface area contributed by atoms with Gasteiger partial charge in [0, 0.05) is 23.5 Å². The molecule has 1 aromatic carbocycles. The number of aromatic nitrogens is 1. The van der Waals surface area contributed by atoms with Crippen LogP contribution in [0.25, 0.3) is 10.9 Å². The molecule has 0 aliphatic carbocycles. The van der Waals surface area contributed by atoms with Gasteiger partial charge in [0.05, 0.1) is 12.5 Å². The van der Waals surface area contributed by atoms with Crippen molar-refractivity contribution in [3.8, 4) is 0 Å². The summed E-state index contributed by atoms with van der Waals surface area (Å²) in [4.78, 5) is 64.8. The zero-order valence-corrected chi connectivity index (χ0v) is 21.4. The molecule has 0 aliphatic heterocycles. The van der Waals surface area contributed by atoms with Gasteiger partial charge in [-0.1, -0.05) is 45.9 Å². The second-order valence-corrected chi connectivity index (χ2v) is 9.69. The number of aliphatic carboxylic acids is 1. The third-order valence-electron chi connectivity index (χ3n) is 6.02. The highest BCUT2D eigenvalue weighted by Gasteiger charge is 2.33. The summed E-state index contributed by atoms with van der Waals surface area (Å²) >= 11 is 0. The van der Waals surface area contributed by atoms with Crippen LogP contribution in [0.3, 0.4) is 0 Å². The monoisotopic (exact) mass is 516 g/mol. The smallest absolute Gasteiger partial charge is 0.326 e. The van der Waals surface area contributed by atoms with Gasteiger partial charge in [-0.25, -0.2) is 4.79 Å². The first-order chi connectivity index (χ1) is 17.3.